The van der Waals surface area contributed by atoms with Gasteiger partial charge in [0.05, 0.1) is 10.6 Å². The van der Waals surface area contributed by atoms with E-state index in [9.17, 15) is 4.79 Å². The third kappa shape index (κ3) is 1.61. The van der Waals surface area contributed by atoms with E-state index in [1.165, 1.54) is 6.08 Å². The van der Waals surface area contributed by atoms with Crippen molar-refractivity contribution in [2.24, 2.45) is 4.99 Å². The van der Waals surface area contributed by atoms with Gasteiger partial charge in [0.1, 0.15) is 11.4 Å². The summed E-state index contributed by atoms with van der Waals surface area (Å²) in [6, 6.07) is 3.80. The summed E-state index contributed by atoms with van der Waals surface area (Å²) >= 11 is 0. The molecule has 0 radical (unpaired) electrons. The van der Waals surface area contributed by atoms with Crippen LogP contribution >= 0.6 is 0 Å². The second-order valence-corrected chi connectivity index (χ2v) is 4.65. The summed E-state index contributed by atoms with van der Waals surface area (Å²) in [6.45, 7) is 3.93. The van der Waals surface area contributed by atoms with Gasteiger partial charge in [0.2, 0.25) is 0 Å². The predicted octanol–water partition coefficient (Wildman–Crippen LogP) is 0.966. The van der Waals surface area contributed by atoms with Crippen molar-refractivity contribution in [2.75, 3.05) is 0 Å². The molecular formula is C14H11NO2. The van der Waals surface area contributed by atoms with Crippen molar-refractivity contribution in [3.05, 3.63) is 40.4 Å². The zero-order valence-corrected chi connectivity index (χ0v) is 9.65. The van der Waals surface area contributed by atoms with Crippen LogP contribution in [-0.2, 0) is 4.79 Å². The van der Waals surface area contributed by atoms with Crippen LogP contribution < -0.4 is 15.3 Å². The Morgan fingerprint density at radius 3 is 2.94 bits per heavy atom. The van der Waals surface area contributed by atoms with Crippen molar-refractivity contribution >= 4 is 17.7 Å². The molecule has 1 aromatic carbocycles. The van der Waals surface area contributed by atoms with Crippen molar-refractivity contribution in [1.29, 1.82) is 0 Å². The van der Waals surface area contributed by atoms with Gasteiger partial charge in [0, 0.05) is 17.7 Å². The van der Waals surface area contributed by atoms with Gasteiger partial charge in [-0.3, -0.25) is 4.79 Å². The fraction of sp³-hybridized carbons (Fsp3) is 0.214. The summed E-state index contributed by atoms with van der Waals surface area (Å²) in [5, 5.41) is 1.42. The van der Waals surface area contributed by atoms with Crippen molar-refractivity contribution < 1.29 is 9.53 Å². The lowest BCUT2D eigenvalue weighted by molar-refractivity contribution is -0.113. The number of nitrogens with zero attached hydrogens (tertiary/aromatic N) is 1. The van der Waals surface area contributed by atoms with Gasteiger partial charge in [-0.15, -0.1) is 5.73 Å². The standard InChI is InChI=1S/C14H11NO2/c1-14(2)8-7-10-11(17-14)5-3-9-4-6-12(16)15-13(9)10/h3-6,8H,1-2H3. The van der Waals surface area contributed by atoms with Gasteiger partial charge in [-0.25, -0.2) is 4.99 Å². The van der Waals surface area contributed by atoms with E-state index in [1.54, 1.807) is 6.08 Å². The molecule has 1 aromatic rings. The Kier molecular flexibility index (Phi) is 1.89. The van der Waals surface area contributed by atoms with Crippen molar-refractivity contribution in [2.45, 2.75) is 19.4 Å². The summed E-state index contributed by atoms with van der Waals surface area (Å²) in [6.07, 6.45) is 5.09. The third-order valence-electron chi connectivity index (χ3n) is 2.74. The van der Waals surface area contributed by atoms with E-state index in [4.69, 9.17) is 4.74 Å². The van der Waals surface area contributed by atoms with Crippen LogP contribution in [0.4, 0.5) is 0 Å². The molecule has 2 aliphatic rings. The molecule has 0 spiro atoms. The molecule has 0 aliphatic carbocycles. The Morgan fingerprint density at radius 1 is 1.29 bits per heavy atom. The van der Waals surface area contributed by atoms with Crippen LogP contribution in [0.3, 0.4) is 0 Å². The average molecular weight is 225 g/mol. The highest BCUT2D eigenvalue weighted by molar-refractivity contribution is 5.94. The highest BCUT2D eigenvalue weighted by Gasteiger charge is 2.20. The molecule has 2 aliphatic heterocycles. The molecule has 0 saturated heterocycles. The maximum absolute atomic E-state index is 11.3. The lowest BCUT2D eigenvalue weighted by Gasteiger charge is -2.24. The lowest BCUT2D eigenvalue weighted by atomic mass is 10.0. The van der Waals surface area contributed by atoms with E-state index in [2.05, 4.69) is 10.7 Å². The first-order chi connectivity index (χ1) is 8.05. The minimum absolute atomic E-state index is 0.238. The molecule has 0 saturated carbocycles. The number of ether oxygens (including phenoxy) is 1. The average Bonchev–Trinajstić information content (AvgIpc) is 2.27. The van der Waals surface area contributed by atoms with Crippen LogP contribution in [0.5, 0.6) is 5.75 Å². The topological polar surface area (TPSA) is 38.7 Å². The maximum atomic E-state index is 11.3. The third-order valence-corrected chi connectivity index (χ3v) is 2.74. The first kappa shape index (κ1) is 10.1. The number of fused-ring (bicyclic) bond motifs is 3. The van der Waals surface area contributed by atoms with Crippen LogP contribution in [-0.4, -0.2) is 11.5 Å². The second kappa shape index (κ2) is 3.19. The van der Waals surface area contributed by atoms with Crippen molar-refractivity contribution in [3.63, 3.8) is 0 Å². The van der Waals surface area contributed by atoms with E-state index in [0.717, 1.165) is 16.5 Å². The molecule has 3 rings (SSSR count). The minimum Gasteiger partial charge on any atom is -0.482 e. The molecule has 0 unspecified atom stereocenters. The van der Waals surface area contributed by atoms with Crippen LogP contribution in [0.2, 0.25) is 0 Å². The molecule has 0 atom stereocenters. The fourth-order valence-electron chi connectivity index (χ4n) is 1.94. The molecule has 0 N–H and O–H groups in total. The number of carbonyl (C=O) groups excluding carboxylic acids is 1. The number of hydrogen-bond donors (Lipinski definition) is 0. The van der Waals surface area contributed by atoms with Gasteiger partial charge in [-0.1, -0.05) is 0 Å². The first-order valence-corrected chi connectivity index (χ1v) is 5.46. The predicted molar refractivity (Wildman–Crippen MR) is 63.9 cm³/mol. The van der Waals surface area contributed by atoms with Crippen LogP contribution in [0.1, 0.15) is 19.4 Å². The van der Waals surface area contributed by atoms with Gasteiger partial charge < -0.3 is 4.74 Å². The monoisotopic (exact) mass is 225 g/mol. The molecule has 0 aromatic heterocycles. The van der Waals surface area contributed by atoms with E-state index >= 15 is 0 Å². The van der Waals surface area contributed by atoms with Crippen LogP contribution in [0.25, 0.3) is 11.8 Å². The lowest BCUT2D eigenvalue weighted by Crippen LogP contribution is -2.38. The Bertz CT molecular complexity index is 704. The Labute approximate surface area is 98.4 Å². The molecule has 84 valence electrons. The van der Waals surface area contributed by atoms with Gasteiger partial charge in [-0.2, -0.15) is 0 Å². The quantitative estimate of drug-likeness (QED) is 0.660. The Balaban J connectivity index is 2.44. The molecule has 2 heterocycles. The van der Waals surface area contributed by atoms with Gasteiger partial charge in [0.25, 0.3) is 5.91 Å². The molecule has 0 fully saturated rings. The number of carbonyl (C=O) groups is 1. The van der Waals surface area contributed by atoms with E-state index in [0.29, 0.717) is 5.36 Å². The highest BCUT2D eigenvalue weighted by atomic mass is 16.5. The van der Waals surface area contributed by atoms with Crippen molar-refractivity contribution in [1.82, 2.24) is 0 Å². The van der Waals surface area contributed by atoms with Gasteiger partial charge >= 0.3 is 0 Å². The molecule has 0 bridgehead atoms. The highest BCUT2D eigenvalue weighted by Crippen LogP contribution is 2.18. The first-order valence-electron chi connectivity index (χ1n) is 5.46. The molecular weight excluding hydrogens is 214 g/mol. The largest absolute Gasteiger partial charge is 0.482 e. The van der Waals surface area contributed by atoms with E-state index in [-0.39, 0.29) is 11.5 Å². The molecule has 3 nitrogen and oxygen atoms in total. The zero-order valence-electron chi connectivity index (χ0n) is 9.65. The van der Waals surface area contributed by atoms with Gasteiger partial charge in [0.15, 0.2) is 0 Å². The summed E-state index contributed by atoms with van der Waals surface area (Å²) in [5.74, 6) is 0.487. The van der Waals surface area contributed by atoms with Crippen molar-refractivity contribution in [3.8, 4) is 5.75 Å². The number of rotatable bonds is 0. The summed E-state index contributed by atoms with van der Waals surface area (Å²) in [5.41, 5.74) is 3.73. The zero-order chi connectivity index (χ0) is 12.0. The summed E-state index contributed by atoms with van der Waals surface area (Å²) < 4.78 is 5.81. The normalized spacial score (nSPS) is 18.6. The van der Waals surface area contributed by atoms with E-state index < -0.39 is 0 Å². The molecule has 3 heteroatoms. The maximum Gasteiger partial charge on any atom is 0.270 e. The number of hydrogen-bond acceptors (Lipinski definition) is 2. The summed E-state index contributed by atoms with van der Waals surface area (Å²) in [4.78, 5) is 15.3. The number of amides is 1. The Morgan fingerprint density at radius 2 is 2.12 bits per heavy atom. The molecule has 17 heavy (non-hydrogen) atoms. The fourth-order valence-corrected chi connectivity index (χ4v) is 1.94. The van der Waals surface area contributed by atoms with Crippen LogP contribution in [0, 0.1) is 0 Å². The second-order valence-electron chi connectivity index (χ2n) is 4.65. The SMILES string of the molecule is CC1(C)C=C=c2c(ccc3c2=NC(=O)C=C3)O1. The number of benzene rings is 1. The van der Waals surface area contributed by atoms with Crippen LogP contribution in [0.15, 0.2) is 29.3 Å². The van der Waals surface area contributed by atoms with Gasteiger partial charge in [-0.05, 0) is 32.1 Å². The van der Waals surface area contributed by atoms with E-state index in [1.807, 2.05) is 32.1 Å². The summed E-state index contributed by atoms with van der Waals surface area (Å²) in [7, 11) is 0. The minimum atomic E-state index is -0.365. The Hall–Kier alpha value is -2.12. The molecule has 1 amide bonds. The smallest absolute Gasteiger partial charge is 0.270 e.